The lowest BCUT2D eigenvalue weighted by Gasteiger charge is -2.12. The van der Waals surface area contributed by atoms with Crippen LogP contribution < -0.4 is 10.5 Å². The Hall–Kier alpha value is -1.28. The third-order valence-electron chi connectivity index (χ3n) is 2.18. The van der Waals surface area contributed by atoms with Crippen LogP contribution in [0.4, 0.5) is 0 Å². The van der Waals surface area contributed by atoms with E-state index in [4.69, 9.17) is 10.5 Å². The molecule has 1 rings (SSSR count). The molecule has 0 aliphatic carbocycles. The Balaban J connectivity index is 2.63. The van der Waals surface area contributed by atoms with Crippen molar-refractivity contribution in [3.05, 3.63) is 42.0 Å². The number of para-hydroxylation sites is 1. The van der Waals surface area contributed by atoms with Gasteiger partial charge in [-0.25, -0.2) is 0 Å². The molecule has 0 aliphatic rings. The summed E-state index contributed by atoms with van der Waals surface area (Å²) < 4.78 is 5.66. The average Bonchev–Trinajstić information content (AvgIpc) is 2.25. The van der Waals surface area contributed by atoms with Crippen molar-refractivity contribution in [1.82, 2.24) is 0 Å². The first-order valence-electron chi connectivity index (χ1n) is 5.32. The van der Waals surface area contributed by atoms with Gasteiger partial charge in [-0.1, -0.05) is 44.2 Å². The summed E-state index contributed by atoms with van der Waals surface area (Å²) in [4.78, 5) is 0. The Kier molecular flexibility index (Phi) is 4.91. The van der Waals surface area contributed by atoms with Gasteiger partial charge in [-0.15, -0.1) is 0 Å². The predicted octanol–water partition coefficient (Wildman–Crippen LogP) is 2.70. The molecule has 0 bridgehead atoms. The van der Waals surface area contributed by atoms with E-state index in [-0.39, 0.29) is 0 Å². The number of benzene rings is 1. The standard InChI is InChI=1S/C13H19NO/c1-11(2)12-7-3-4-8-13(12)15-10-6-5-9-14/h3-8,11H,9-10,14H2,1-2H3. The van der Waals surface area contributed by atoms with Crippen molar-refractivity contribution in [3.8, 4) is 5.75 Å². The second-order valence-corrected chi connectivity index (χ2v) is 3.71. The fourth-order valence-corrected chi connectivity index (χ4v) is 1.39. The van der Waals surface area contributed by atoms with E-state index in [2.05, 4.69) is 19.9 Å². The van der Waals surface area contributed by atoms with Crippen LogP contribution in [-0.2, 0) is 0 Å². The quantitative estimate of drug-likeness (QED) is 0.750. The monoisotopic (exact) mass is 205 g/mol. The van der Waals surface area contributed by atoms with Crippen LogP contribution in [0.15, 0.2) is 36.4 Å². The molecule has 82 valence electrons. The van der Waals surface area contributed by atoms with Crippen LogP contribution in [-0.4, -0.2) is 13.2 Å². The Labute approximate surface area is 91.7 Å². The Morgan fingerprint density at radius 3 is 2.67 bits per heavy atom. The van der Waals surface area contributed by atoms with Crippen molar-refractivity contribution in [2.24, 2.45) is 5.73 Å². The van der Waals surface area contributed by atoms with Crippen molar-refractivity contribution in [1.29, 1.82) is 0 Å². The van der Waals surface area contributed by atoms with Crippen LogP contribution in [0.5, 0.6) is 5.75 Å². The Bertz CT molecular complexity index is 318. The van der Waals surface area contributed by atoms with Crippen LogP contribution in [0, 0.1) is 0 Å². The molecule has 0 aromatic heterocycles. The van der Waals surface area contributed by atoms with Crippen molar-refractivity contribution in [3.63, 3.8) is 0 Å². The number of hydrogen-bond acceptors (Lipinski definition) is 2. The minimum absolute atomic E-state index is 0.486. The highest BCUT2D eigenvalue weighted by Gasteiger charge is 2.05. The fraction of sp³-hybridized carbons (Fsp3) is 0.385. The van der Waals surface area contributed by atoms with E-state index in [0.717, 1.165) is 5.75 Å². The predicted molar refractivity (Wildman–Crippen MR) is 64.2 cm³/mol. The number of nitrogens with two attached hydrogens (primary N) is 1. The molecule has 0 radical (unpaired) electrons. The first-order chi connectivity index (χ1) is 7.25. The highest BCUT2D eigenvalue weighted by molar-refractivity contribution is 5.35. The van der Waals surface area contributed by atoms with E-state index in [1.54, 1.807) is 0 Å². The summed E-state index contributed by atoms with van der Waals surface area (Å²) in [5.41, 5.74) is 6.59. The normalized spacial score (nSPS) is 11.2. The van der Waals surface area contributed by atoms with Crippen LogP contribution >= 0.6 is 0 Å². The van der Waals surface area contributed by atoms with Crippen molar-refractivity contribution in [2.75, 3.05) is 13.2 Å². The zero-order chi connectivity index (χ0) is 11.1. The van der Waals surface area contributed by atoms with Gasteiger partial charge in [-0.3, -0.25) is 0 Å². The lowest BCUT2D eigenvalue weighted by molar-refractivity contribution is 0.357. The highest BCUT2D eigenvalue weighted by atomic mass is 16.5. The largest absolute Gasteiger partial charge is 0.489 e. The van der Waals surface area contributed by atoms with Crippen molar-refractivity contribution >= 4 is 0 Å². The maximum Gasteiger partial charge on any atom is 0.123 e. The molecule has 15 heavy (non-hydrogen) atoms. The summed E-state index contributed by atoms with van der Waals surface area (Å²) in [6, 6.07) is 8.14. The molecular weight excluding hydrogens is 186 g/mol. The zero-order valence-electron chi connectivity index (χ0n) is 9.44. The maximum atomic E-state index is 5.66. The van der Waals surface area contributed by atoms with Gasteiger partial charge < -0.3 is 10.5 Å². The van der Waals surface area contributed by atoms with Gasteiger partial charge in [0.15, 0.2) is 0 Å². The summed E-state index contributed by atoms with van der Waals surface area (Å²) in [6.45, 7) is 5.48. The molecular formula is C13H19NO. The SMILES string of the molecule is CC(C)c1ccccc1OCC=CCN. The lowest BCUT2D eigenvalue weighted by atomic mass is 10.0. The van der Waals surface area contributed by atoms with Gasteiger partial charge in [0, 0.05) is 6.54 Å². The van der Waals surface area contributed by atoms with Crippen LogP contribution in [0.2, 0.25) is 0 Å². The van der Waals surface area contributed by atoms with Gasteiger partial charge in [0.05, 0.1) is 0 Å². The minimum atomic E-state index is 0.486. The zero-order valence-corrected chi connectivity index (χ0v) is 9.44. The molecule has 1 aromatic carbocycles. The van der Waals surface area contributed by atoms with Crippen molar-refractivity contribution < 1.29 is 4.74 Å². The van der Waals surface area contributed by atoms with Gasteiger partial charge in [-0.2, -0.15) is 0 Å². The summed E-state index contributed by atoms with van der Waals surface area (Å²) in [5, 5.41) is 0. The Morgan fingerprint density at radius 1 is 1.27 bits per heavy atom. The molecule has 0 aliphatic heterocycles. The molecule has 0 spiro atoms. The highest BCUT2D eigenvalue weighted by Crippen LogP contribution is 2.25. The molecule has 0 amide bonds. The molecule has 1 aromatic rings. The topological polar surface area (TPSA) is 35.2 Å². The van der Waals surface area contributed by atoms with Crippen LogP contribution in [0.25, 0.3) is 0 Å². The second-order valence-electron chi connectivity index (χ2n) is 3.71. The van der Waals surface area contributed by atoms with E-state index in [0.29, 0.717) is 19.1 Å². The van der Waals surface area contributed by atoms with Crippen LogP contribution in [0.3, 0.4) is 0 Å². The Morgan fingerprint density at radius 2 is 2.00 bits per heavy atom. The molecule has 2 N–H and O–H groups in total. The molecule has 0 heterocycles. The van der Waals surface area contributed by atoms with Gasteiger partial charge in [0.2, 0.25) is 0 Å². The third kappa shape index (κ3) is 3.76. The van der Waals surface area contributed by atoms with Gasteiger partial charge in [-0.05, 0) is 17.5 Å². The first kappa shape index (κ1) is 11.8. The molecule has 0 fully saturated rings. The fourth-order valence-electron chi connectivity index (χ4n) is 1.39. The van der Waals surface area contributed by atoms with Gasteiger partial charge in [0.1, 0.15) is 12.4 Å². The molecule has 2 heteroatoms. The van der Waals surface area contributed by atoms with E-state index in [1.165, 1.54) is 5.56 Å². The second kappa shape index (κ2) is 6.25. The lowest BCUT2D eigenvalue weighted by Crippen LogP contribution is -2.00. The summed E-state index contributed by atoms with van der Waals surface area (Å²) in [6.07, 6.45) is 3.84. The van der Waals surface area contributed by atoms with E-state index < -0.39 is 0 Å². The average molecular weight is 205 g/mol. The summed E-state index contributed by atoms with van der Waals surface area (Å²) in [7, 11) is 0. The van der Waals surface area contributed by atoms with Gasteiger partial charge >= 0.3 is 0 Å². The summed E-state index contributed by atoms with van der Waals surface area (Å²) >= 11 is 0. The van der Waals surface area contributed by atoms with E-state index in [1.807, 2.05) is 30.4 Å². The van der Waals surface area contributed by atoms with E-state index >= 15 is 0 Å². The maximum absolute atomic E-state index is 5.66. The number of ether oxygens (including phenoxy) is 1. The molecule has 0 unspecified atom stereocenters. The number of rotatable bonds is 5. The minimum Gasteiger partial charge on any atom is -0.489 e. The number of hydrogen-bond donors (Lipinski definition) is 1. The smallest absolute Gasteiger partial charge is 0.123 e. The molecule has 0 atom stereocenters. The molecule has 2 nitrogen and oxygen atoms in total. The third-order valence-corrected chi connectivity index (χ3v) is 2.18. The summed E-state index contributed by atoms with van der Waals surface area (Å²) in [5.74, 6) is 1.45. The first-order valence-corrected chi connectivity index (χ1v) is 5.32. The van der Waals surface area contributed by atoms with Crippen molar-refractivity contribution in [2.45, 2.75) is 19.8 Å². The van der Waals surface area contributed by atoms with Crippen LogP contribution in [0.1, 0.15) is 25.3 Å². The molecule has 0 saturated heterocycles. The molecule has 0 saturated carbocycles. The van der Waals surface area contributed by atoms with Gasteiger partial charge in [0.25, 0.3) is 0 Å². The van der Waals surface area contributed by atoms with E-state index in [9.17, 15) is 0 Å².